The summed E-state index contributed by atoms with van der Waals surface area (Å²) in [5.74, 6) is 0.152. The van der Waals surface area contributed by atoms with E-state index in [4.69, 9.17) is 27.9 Å². The average molecular weight is 563 g/mol. The Kier molecular flexibility index (Phi) is 7.49. The second-order valence-corrected chi connectivity index (χ2v) is 10.1. The van der Waals surface area contributed by atoms with E-state index < -0.39 is 0 Å². The van der Waals surface area contributed by atoms with Crippen molar-refractivity contribution < 1.29 is 14.3 Å². The molecule has 3 aromatic rings. The van der Waals surface area contributed by atoms with Gasteiger partial charge in [0.1, 0.15) is 6.61 Å². The number of thioether (sulfide) groups is 1. The van der Waals surface area contributed by atoms with Gasteiger partial charge in [-0.25, -0.2) is 0 Å². The SMILES string of the molecule is Cc1cccc(CN2C(=O)S/C(=C\c3cc(Cl)c(OCc4ccccc4Cl)c(Br)c3)C2=O)c1. The summed E-state index contributed by atoms with van der Waals surface area (Å²) in [6, 6.07) is 18.7. The van der Waals surface area contributed by atoms with Crippen molar-refractivity contribution >= 4 is 68.1 Å². The fraction of sp³-hybridized carbons (Fsp3) is 0.120. The first-order chi connectivity index (χ1) is 15.8. The number of hydrogen-bond acceptors (Lipinski definition) is 4. The smallest absolute Gasteiger partial charge is 0.293 e. The number of halogens is 3. The molecule has 0 aromatic heterocycles. The van der Waals surface area contributed by atoms with Gasteiger partial charge < -0.3 is 4.74 Å². The van der Waals surface area contributed by atoms with Gasteiger partial charge >= 0.3 is 0 Å². The molecule has 0 atom stereocenters. The van der Waals surface area contributed by atoms with Crippen LogP contribution in [-0.4, -0.2) is 16.0 Å². The highest BCUT2D eigenvalue weighted by Crippen LogP contribution is 2.38. The summed E-state index contributed by atoms with van der Waals surface area (Å²) < 4.78 is 6.50. The van der Waals surface area contributed by atoms with Crippen LogP contribution in [0.2, 0.25) is 10.0 Å². The minimum absolute atomic E-state index is 0.239. The number of amides is 2. The summed E-state index contributed by atoms with van der Waals surface area (Å²) >= 11 is 17.1. The van der Waals surface area contributed by atoms with Crippen LogP contribution >= 0.6 is 50.9 Å². The molecule has 1 saturated heterocycles. The number of hydrogen-bond donors (Lipinski definition) is 0. The number of carbonyl (C=O) groups is 2. The van der Waals surface area contributed by atoms with E-state index in [1.54, 1.807) is 24.3 Å². The minimum atomic E-state index is -0.321. The van der Waals surface area contributed by atoms with E-state index in [1.807, 2.05) is 49.4 Å². The zero-order valence-corrected chi connectivity index (χ0v) is 21.4. The van der Waals surface area contributed by atoms with Gasteiger partial charge in [-0.2, -0.15) is 0 Å². The van der Waals surface area contributed by atoms with Gasteiger partial charge in [-0.1, -0.05) is 71.2 Å². The van der Waals surface area contributed by atoms with Crippen LogP contribution in [0.5, 0.6) is 5.75 Å². The maximum absolute atomic E-state index is 12.9. The fourth-order valence-corrected chi connectivity index (χ4v) is 5.36. The maximum Gasteiger partial charge on any atom is 0.293 e. The Hall–Kier alpha value is -2.25. The lowest BCUT2D eigenvalue weighted by Crippen LogP contribution is -2.27. The minimum Gasteiger partial charge on any atom is -0.486 e. The summed E-state index contributed by atoms with van der Waals surface area (Å²) in [6.07, 6.45) is 1.66. The molecule has 0 aliphatic carbocycles. The molecule has 4 nitrogen and oxygen atoms in total. The number of nitrogens with zero attached hydrogens (tertiary/aromatic N) is 1. The van der Waals surface area contributed by atoms with Crippen molar-refractivity contribution in [1.29, 1.82) is 0 Å². The van der Waals surface area contributed by atoms with Crippen molar-refractivity contribution in [3.05, 3.63) is 102 Å². The lowest BCUT2D eigenvalue weighted by molar-refractivity contribution is -0.123. The Bertz CT molecular complexity index is 1260. The van der Waals surface area contributed by atoms with Crippen LogP contribution in [0.3, 0.4) is 0 Å². The molecular weight excluding hydrogens is 545 g/mol. The van der Waals surface area contributed by atoms with E-state index >= 15 is 0 Å². The van der Waals surface area contributed by atoms with Crippen molar-refractivity contribution in [2.45, 2.75) is 20.1 Å². The highest BCUT2D eigenvalue weighted by molar-refractivity contribution is 9.10. The average Bonchev–Trinajstić information content (AvgIpc) is 3.02. The van der Waals surface area contributed by atoms with Gasteiger partial charge in [0.05, 0.1) is 20.9 Å². The van der Waals surface area contributed by atoms with Gasteiger partial charge in [0.25, 0.3) is 11.1 Å². The molecule has 168 valence electrons. The predicted molar refractivity (Wildman–Crippen MR) is 138 cm³/mol. The molecule has 4 rings (SSSR count). The van der Waals surface area contributed by atoms with Gasteiger partial charge in [-0.15, -0.1) is 0 Å². The van der Waals surface area contributed by atoms with Crippen LogP contribution in [0.4, 0.5) is 4.79 Å². The molecule has 0 unspecified atom stereocenters. The molecule has 0 saturated carbocycles. The standard InChI is InChI=1S/C25H18BrCl2NO3S/c1-15-5-4-6-16(9-15)13-29-24(30)22(33-25(29)31)12-17-10-19(26)23(21(28)11-17)32-14-18-7-2-3-8-20(18)27/h2-12H,13-14H2,1H3/b22-12-. The number of aryl methyl sites for hydroxylation is 1. The normalized spacial score (nSPS) is 14.9. The number of imide groups is 1. The molecule has 2 amide bonds. The fourth-order valence-electron chi connectivity index (χ4n) is 3.35. The van der Waals surface area contributed by atoms with Crippen LogP contribution in [0, 0.1) is 6.92 Å². The lowest BCUT2D eigenvalue weighted by Gasteiger charge is -2.13. The van der Waals surface area contributed by atoms with E-state index in [-0.39, 0.29) is 24.3 Å². The Balaban J connectivity index is 1.51. The van der Waals surface area contributed by atoms with Crippen molar-refractivity contribution in [1.82, 2.24) is 4.90 Å². The molecule has 0 spiro atoms. The van der Waals surface area contributed by atoms with E-state index in [9.17, 15) is 9.59 Å². The van der Waals surface area contributed by atoms with Crippen molar-refractivity contribution in [2.75, 3.05) is 0 Å². The summed E-state index contributed by atoms with van der Waals surface area (Å²) in [4.78, 5) is 26.9. The quantitative estimate of drug-likeness (QED) is 0.287. The molecule has 0 bridgehead atoms. The zero-order valence-electron chi connectivity index (χ0n) is 17.5. The first-order valence-electron chi connectivity index (χ1n) is 9.98. The Morgan fingerprint density at radius 1 is 1.03 bits per heavy atom. The summed E-state index contributed by atoms with van der Waals surface area (Å²) in [7, 11) is 0. The second kappa shape index (κ2) is 10.3. The monoisotopic (exact) mass is 561 g/mol. The Morgan fingerprint density at radius 2 is 1.82 bits per heavy atom. The number of ether oxygens (including phenoxy) is 1. The van der Waals surface area contributed by atoms with Gasteiger partial charge in [-0.05, 0) is 70.0 Å². The third-order valence-electron chi connectivity index (χ3n) is 4.94. The molecule has 8 heteroatoms. The van der Waals surface area contributed by atoms with Gasteiger partial charge in [0.2, 0.25) is 0 Å². The third-order valence-corrected chi connectivity index (χ3v) is 7.09. The maximum atomic E-state index is 12.9. The lowest BCUT2D eigenvalue weighted by atomic mass is 10.1. The largest absolute Gasteiger partial charge is 0.486 e. The van der Waals surface area contributed by atoms with Crippen LogP contribution in [0.25, 0.3) is 6.08 Å². The van der Waals surface area contributed by atoms with Crippen molar-refractivity contribution in [2.24, 2.45) is 0 Å². The highest BCUT2D eigenvalue weighted by Gasteiger charge is 2.35. The predicted octanol–water partition coefficient (Wildman–Crippen LogP) is 7.88. The summed E-state index contributed by atoms with van der Waals surface area (Å²) in [6.45, 7) is 2.47. The molecule has 1 aliphatic rings. The third kappa shape index (κ3) is 5.64. The number of benzene rings is 3. The Labute approximate surface area is 214 Å². The molecule has 33 heavy (non-hydrogen) atoms. The van der Waals surface area contributed by atoms with E-state index in [0.717, 1.165) is 28.5 Å². The van der Waals surface area contributed by atoms with E-state index in [0.29, 0.717) is 30.7 Å². The first-order valence-corrected chi connectivity index (χ1v) is 12.3. The summed E-state index contributed by atoms with van der Waals surface area (Å²) in [5.41, 5.74) is 3.50. The van der Waals surface area contributed by atoms with Crippen molar-refractivity contribution in [3.8, 4) is 5.75 Å². The van der Waals surface area contributed by atoms with Crippen LogP contribution in [-0.2, 0) is 17.9 Å². The van der Waals surface area contributed by atoms with E-state index in [2.05, 4.69) is 15.9 Å². The molecule has 0 radical (unpaired) electrons. The van der Waals surface area contributed by atoms with E-state index in [1.165, 1.54) is 4.90 Å². The molecule has 1 fully saturated rings. The van der Waals surface area contributed by atoms with Crippen molar-refractivity contribution in [3.63, 3.8) is 0 Å². The summed E-state index contributed by atoms with van der Waals surface area (Å²) in [5, 5.41) is 0.696. The van der Waals surface area contributed by atoms with Gasteiger partial charge in [0.15, 0.2) is 5.75 Å². The first kappa shape index (κ1) is 23.9. The topological polar surface area (TPSA) is 46.6 Å². The van der Waals surface area contributed by atoms with Gasteiger partial charge in [-0.3, -0.25) is 14.5 Å². The van der Waals surface area contributed by atoms with Crippen LogP contribution in [0.1, 0.15) is 22.3 Å². The molecule has 1 heterocycles. The molecule has 0 N–H and O–H groups in total. The zero-order chi connectivity index (χ0) is 23.5. The molecular formula is C25H18BrCl2NO3S. The van der Waals surface area contributed by atoms with Crippen LogP contribution in [0.15, 0.2) is 70.0 Å². The second-order valence-electron chi connectivity index (χ2n) is 7.45. The Morgan fingerprint density at radius 3 is 2.55 bits per heavy atom. The van der Waals surface area contributed by atoms with Crippen LogP contribution < -0.4 is 4.74 Å². The molecule has 1 aliphatic heterocycles. The number of rotatable bonds is 6. The number of carbonyl (C=O) groups excluding carboxylic acids is 2. The molecule has 3 aromatic carbocycles. The highest BCUT2D eigenvalue weighted by atomic mass is 79.9. The van der Waals surface area contributed by atoms with Gasteiger partial charge in [0, 0.05) is 10.6 Å².